The van der Waals surface area contributed by atoms with Gasteiger partial charge in [0.05, 0.1) is 11.6 Å². The molecule has 0 aromatic carbocycles. The van der Waals surface area contributed by atoms with Crippen molar-refractivity contribution >= 4 is 22.8 Å². The largest absolute Gasteiger partial charge is 0.476 e. The number of nitrogens with two attached hydrogens (primary N) is 1. The fourth-order valence-corrected chi connectivity index (χ4v) is 2.35. The van der Waals surface area contributed by atoms with Gasteiger partial charge in [0.1, 0.15) is 12.0 Å². The quantitative estimate of drug-likeness (QED) is 0.816. The predicted octanol–water partition coefficient (Wildman–Crippen LogP) is 2.52. The Balaban J connectivity index is 1.99. The molecule has 7 heteroatoms. The van der Waals surface area contributed by atoms with Gasteiger partial charge < -0.3 is 15.8 Å². The summed E-state index contributed by atoms with van der Waals surface area (Å²) in [4.78, 5) is 12.5. The molecule has 0 radical (unpaired) electrons. The van der Waals surface area contributed by atoms with Crippen LogP contribution in [0.5, 0.6) is 5.88 Å². The summed E-state index contributed by atoms with van der Waals surface area (Å²) in [5, 5.41) is 6.29. The van der Waals surface area contributed by atoms with Gasteiger partial charge in [-0.15, -0.1) is 11.3 Å². The SMILES string of the molecule is CCCOc1ncnc(NCC(C)c2nccs2)c1N. The number of nitrogens with zero attached hydrogens (tertiary/aromatic N) is 3. The number of ether oxygens (including phenoxy) is 1. The molecular formula is C13H19N5OS. The number of anilines is 2. The zero-order valence-corrected chi connectivity index (χ0v) is 12.5. The van der Waals surface area contributed by atoms with Crippen LogP contribution < -0.4 is 15.8 Å². The summed E-state index contributed by atoms with van der Waals surface area (Å²) in [6.45, 7) is 5.45. The van der Waals surface area contributed by atoms with Gasteiger partial charge in [0.15, 0.2) is 5.82 Å². The highest BCUT2D eigenvalue weighted by molar-refractivity contribution is 7.09. The molecule has 2 heterocycles. The van der Waals surface area contributed by atoms with E-state index in [0.717, 1.165) is 11.4 Å². The lowest BCUT2D eigenvalue weighted by atomic mass is 10.2. The van der Waals surface area contributed by atoms with Crippen molar-refractivity contribution in [2.75, 3.05) is 24.2 Å². The third-order valence-electron chi connectivity index (χ3n) is 2.74. The highest BCUT2D eigenvalue weighted by atomic mass is 32.1. The van der Waals surface area contributed by atoms with Crippen LogP contribution in [0.2, 0.25) is 0 Å². The van der Waals surface area contributed by atoms with Gasteiger partial charge in [-0.1, -0.05) is 13.8 Å². The van der Waals surface area contributed by atoms with E-state index >= 15 is 0 Å². The molecule has 2 aromatic rings. The Bertz CT molecular complexity index is 532. The lowest BCUT2D eigenvalue weighted by molar-refractivity contribution is 0.306. The molecule has 3 N–H and O–H groups in total. The normalized spacial score (nSPS) is 12.1. The summed E-state index contributed by atoms with van der Waals surface area (Å²) >= 11 is 1.64. The first kappa shape index (κ1) is 14.5. The van der Waals surface area contributed by atoms with Gasteiger partial charge in [-0.3, -0.25) is 0 Å². The molecule has 0 aliphatic carbocycles. The second kappa shape index (κ2) is 7.04. The van der Waals surface area contributed by atoms with E-state index in [9.17, 15) is 0 Å². The van der Waals surface area contributed by atoms with Crippen LogP contribution in [0.4, 0.5) is 11.5 Å². The van der Waals surface area contributed by atoms with E-state index in [2.05, 4.69) is 27.2 Å². The van der Waals surface area contributed by atoms with Gasteiger partial charge in [0.25, 0.3) is 0 Å². The summed E-state index contributed by atoms with van der Waals surface area (Å²) in [6.07, 6.45) is 4.18. The number of aromatic nitrogens is 3. The van der Waals surface area contributed by atoms with Crippen molar-refractivity contribution in [1.29, 1.82) is 0 Å². The fraction of sp³-hybridized carbons (Fsp3) is 0.462. The summed E-state index contributed by atoms with van der Waals surface area (Å²) in [5.41, 5.74) is 6.45. The van der Waals surface area contributed by atoms with Gasteiger partial charge in [0, 0.05) is 24.0 Å². The van der Waals surface area contributed by atoms with Crippen LogP contribution in [0.1, 0.15) is 31.2 Å². The van der Waals surface area contributed by atoms with Crippen molar-refractivity contribution in [2.45, 2.75) is 26.2 Å². The molecule has 0 aliphatic heterocycles. The Hall–Kier alpha value is -1.89. The topological polar surface area (TPSA) is 86.0 Å². The number of nitrogen functional groups attached to an aromatic ring is 1. The maximum absolute atomic E-state index is 6.00. The molecule has 2 rings (SSSR count). The molecule has 0 amide bonds. The predicted molar refractivity (Wildman–Crippen MR) is 81.2 cm³/mol. The van der Waals surface area contributed by atoms with Crippen LogP contribution in [0, 0.1) is 0 Å². The second-order valence-corrected chi connectivity index (χ2v) is 5.37. The van der Waals surface area contributed by atoms with E-state index in [-0.39, 0.29) is 0 Å². The first-order chi connectivity index (χ1) is 9.72. The minimum Gasteiger partial charge on any atom is -0.476 e. The van der Waals surface area contributed by atoms with E-state index in [1.807, 2.05) is 18.5 Å². The number of hydrogen-bond acceptors (Lipinski definition) is 7. The number of hydrogen-bond donors (Lipinski definition) is 2. The van der Waals surface area contributed by atoms with Crippen molar-refractivity contribution in [1.82, 2.24) is 15.0 Å². The van der Waals surface area contributed by atoms with Gasteiger partial charge >= 0.3 is 0 Å². The first-order valence-corrected chi connectivity index (χ1v) is 7.46. The smallest absolute Gasteiger partial charge is 0.242 e. The van der Waals surface area contributed by atoms with Crippen molar-refractivity contribution < 1.29 is 4.74 Å². The van der Waals surface area contributed by atoms with E-state index in [1.54, 1.807) is 11.3 Å². The summed E-state index contributed by atoms with van der Waals surface area (Å²) < 4.78 is 5.48. The Morgan fingerprint density at radius 2 is 2.25 bits per heavy atom. The van der Waals surface area contributed by atoms with Crippen LogP contribution in [0.15, 0.2) is 17.9 Å². The average Bonchev–Trinajstić information content (AvgIpc) is 2.99. The average molecular weight is 293 g/mol. The Morgan fingerprint density at radius 3 is 2.95 bits per heavy atom. The molecule has 0 saturated carbocycles. The number of thiazole rings is 1. The maximum atomic E-state index is 6.00. The van der Waals surface area contributed by atoms with Crippen molar-refractivity contribution in [3.63, 3.8) is 0 Å². The van der Waals surface area contributed by atoms with Gasteiger partial charge in [-0.25, -0.2) is 9.97 Å². The third kappa shape index (κ3) is 3.57. The highest BCUT2D eigenvalue weighted by Crippen LogP contribution is 2.26. The zero-order chi connectivity index (χ0) is 14.4. The minimum absolute atomic E-state index is 0.296. The molecular weight excluding hydrogens is 274 g/mol. The maximum Gasteiger partial charge on any atom is 0.242 e. The zero-order valence-electron chi connectivity index (χ0n) is 11.7. The van der Waals surface area contributed by atoms with E-state index in [1.165, 1.54) is 6.33 Å². The van der Waals surface area contributed by atoms with Crippen molar-refractivity contribution in [3.05, 3.63) is 22.9 Å². The molecule has 0 fully saturated rings. The number of rotatable bonds is 7. The molecule has 0 aliphatic rings. The summed E-state index contributed by atoms with van der Waals surface area (Å²) in [6, 6.07) is 0. The molecule has 20 heavy (non-hydrogen) atoms. The standard InChI is InChI=1S/C13H19N5OS/c1-3-5-19-12-10(14)11(17-8-18-12)16-7-9(2)13-15-4-6-20-13/h4,6,8-9H,3,5,7,14H2,1-2H3,(H,16,17,18). The first-order valence-electron chi connectivity index (χ1n) is 6.58. The molecule has 0 spiro atoms. The van der Waals surface area contributed by atoms with Crippen molar-refractivity contribution in [3.8, 4) is 5.88 Å². The molecule has 2 aromatic heterocycles. The summed E-state index contributed by atoms with van der Waals surface area (Å²) in [5.74, 6) is 1.34. The van der Waals surface area contributed by atoms with Gasteiger partial charge in [0.2, 0.25) is 5.88 Å². The van der Waals surface area contributed by atoms with Gasteiger partial charge in [-0.2, -0.15) is 4.98 Å². The fourth-order valence-electron chi connectivity index (χ4n) is 1.65. The highest BCUT2D eigenvalue weighted by Gasteiger charge is 2.12. The minimum atomic E-state index is 0.296. The number of nitrogens with one attached hydrogen (secondary N) is 1. The molecule has 6 nitrogen and oxygen atoms in total. The third-order valence-corrected chi connectivity index (χ3v) is 3.75. The summed E-state index contributed by atoms with van der Waals surface area (Å²) in [7, 11) is 0. The molecule has 0 saturated heterocycles. The second-order valence-electron chi connectivity index (χ2n) is 4.44. The Morgan fingerprint density at radius 1 is 1.40 bits per heavy atom. The molecule has 1 unspecified atom stereocenters. The van der Waals surface area contributed by atoms with Crippen molar-refractivity contribution in [2.24, 2.45) is 0 Å². The molecule has 1 atom stereocenters. The monoisotopic (exact) mass is 293 g/mol. The van der Waals surface area contributed by atoms with Crippen LogP contribution in [-0.2, 0) is 0 Å². The van der Waals surface area contributed by atoms with Crippen LogP contribution >= 0.6 is 11.3 Å². The van der Waals surface area contributed by atoms with Crippen LogP contribution in [0.25, 0.3) is 0 Å². The lowest BCUT2D eigenvalue weighted by Crippen LogP contribution is -2.13. The van der Waals surface area contributed by atoms with E-state index in [0.29, 0.717) is 36.5 Å². The Labute approximate surface area is 122 Å². The molecule has 108 valence electrons. The van der Waals surface area contributed by atoms with Crippen LogP contribution in [0.3, 0.4) is 0 Å². The van der Waals surface area contributed by atoms with E-state index in [4.69, 9.17) is 10.5 Å². The molecule has 0 bridgehead atoms. The van der Waals surface area contributed by atoms with E-state index < -0.39 is 0 Å². The lowest BCUT2D eigenvalue weighted by Gasteiger charge is -2.13. The van der Waals surface area contributed by atoms with Crippen LogP contribution in [-0.4, -0.2) is 28.1 Å². The van der Waals surface area contributed by atoms with Gasteiger partial charge in [-0.05, 0) is 6.42 Å². The Kier molecular flexibility index (Phi) is 5.11.